The molecule has 2 N–H and O–H groups in total. The van der Waals surface area contributed by atoms with E-state index in [4.69, 9.17) is 9.57 Å². The summed E-state index contributed by atoms with van der Waals surface area (Å²) in [6.07, 6.45) is 8.76. The minimum Gasteiger partial charge on any atom is -0.375 e. The van der Waals surface area contributed by atoms with Gasteiger partial charge in [0.15, 0.2) is 6.29 Å². The maximum atomic E-state index is 5.75. The van der Waals surface area contributed by atoms with E-state index in [-0.39, 0.29) is 12.3 Å². The second-order valence-electron chi connectivity index (χ2n) is 8.97. The van der Waals surface area contributed by atoms with Crippen LogP contribution >= 0.6 is 0 Å². The molecule has 1 fully saturated rings. The SMILES string of the molecule is C=C(N[C@@H](Cn1cccn1)C(=C)NOC1CCCCO1)c1ccc(-c2ccc(CCC)cc2)cc1. The number of hydroxylamine groups is 1. The summed E-state index contributed by atoms with van der Waals surface area (Å²) < 4.78 is 7.51. The first-order valence-electron chi connectivity index (χ1n) is 12.5. The fraction of sp³-hybridized carbons (Fsp3) is 0.345. The van der Waals surface area contributed by atoms with Gasteiger partial charge in [-0.1, -0.05) is 75.0 Å². The first-order chi connectivity index (χ1) is 17.1. The van der Waals surface area contributed by atoms with Crippen molar-refractivity contribution in [1.29, 1.82) is 0 Å². The van der Waals surface area contributed by atoms with Crippen molar-refractivity contribution in [3.63, 3.8) is 0 Å². The summed E-state index contributed by atoms with van der Waals surface area (Å²) in [7, 11) is 0. The lowest BCUT2D eigenvalue weighted by atomic mass is 10.0. The molecule has 2 aromatic carbocycles. The van der Waals surface area contributed by atoms with Gasteiger partial charge in [0.25, 0.3) is 0 Å². The van der Waals surface area contributed by atoms with Gasteiger partial charge >= 0.3 is 0 Å². The molecule has 1 unspecified atom stereocenters. The van der Waals surface area contributed by atoms with Crippen LogP contribution in [0.15, 0.2) is 85.8 Å². The van der Waals surface area contributed by atoms with Gasteiger partial charge in [0.1, 0.15) is 0 Å². The first kappa shape index (κ1) is 24.8. The van der Waals surface area contributed by atoms with E-state index in [9.17, 15) is 0 Å². The Hall–Kier alpha value is -3.35. The number of hydrogen-bond donors (Lipinski definition) is 2. The summed E-state index contributed by atoms with van der Waals surface area (Å²) in [6, 6.07) is 19.0. The predicted octanol–water partition coefficient (Wildman–Crippen LogP) is 5.69. The average Bonchev–Trinajstić information content (AvgIpc) is 3.41. The van der Waals surface area contributed by atoms with Crippen molar-refractivity contribution >= 4 is 5.70 Å². The van der Waals surface area contributed by atoms with Gasteiger partial charge in [-0.15, -0.1) is 0 Å². The lowest BCUT2D eigenvalue weighted by Gasteiger charge is -2.27. The van der Waals surface area contributed by atoms with Crippen LogP contribution in [0.4, 0.5) is 0 Å². The van der Waals surface area contributed by atoms with Crippen LogP contribution in [-0.4, -0.2) is 28.7 Å². The van der Waals surface area contributed by atoms with Gasteiger partial charge in [-0.25, -0.2) is 4.84 Å². The third kappa shape index (κ3) is 7.07. The zero-order valence-corrected chi connectivity index (χ0v) is 20.6. The first-order valence-corrected chi connectivity index (χ1v) is 12.5. The van der Waals surface area contributed by atoms with Crippen LogP contribution in [0.3, 0.4) is 0 Å². The highest BCUT2D eigenvalue weighted by molar-refractivity contribution is 5.69. The molecule has 184 valence electrons. The van der Waals surface area contributed by atoms with E-state index in [0.717, 1.165) is 50.0 Å². The lowest BCUT2D eigenvalue weighted by Crippen LogP contribution is -2.40. The number of hydrogen-bond acceptors (Lipinski definition) is 5. The molecular weight excluding hydrogens is 436 g/mol. The molecule has 2 atom stereocenters. The number of aryl methyl sites for hydroxylation is 1. The fourth-order valence-corrected chi connectivity index (χ4v) is 4.17. The Kier molecular flexibility index (Phi) is 8.76. The van der Waals surface area contributed by atoms with Crippen LogP contribution in [0.25, 0.3) is 16.8 Å². The minimum absolute atomic E-state index is 0.184. The normalized spacial score (nSPS) is 16.4. The molecule has 6 heteroatoms. The quantitative estimate of drug-likeness (QED) is 0.332. The van der Waals surface area contributed by atoms with Crippen molar-refractivity contribution < 1.29 is 9.57 Å². The van der Waals surface area contributed by atoms with E-state index in [0.29, 0.717) is 12.2 Å². The summed E-state index contributed by atoms with van der Waals surface area (Å²) in [5.41, 5.74) is 9.30. The molecule has 35 heavy (non-hydrogen) atoms. The number of ether oxygens (including phenoxy) is 1. The maximum Gasteiger partial charge on any atom is 0.183 e. The number of nitrogens with one attached hydrogen (secondary N) is 2. The monoisotopic (exact) mass is 472 g/mol. The van der Waals surface area contributed by atoms with E-state index < -0.39 is 0 Å². The maximum absolute atomic E-state index is 5.75. The summed E-state index contributed by atoms with van der Waals surface area (Å²) in [6.45, 7) is 12.0. The second-order valence-corrected chi connectivity index (χ2v) is 8.97. The van der Waals surface area contributed by atoms with Crippen molar-refractivity contribution in [2.24, 2.45) is 0 Å². The molecule has 2 heterocycles. The van der Waals surface area contributed by atoms with Crippen LogP contribution < -0.4 is 10.8 Å². The zero-order chi connectivity index (χ0) is 24.5. The van der Waals surface area contributed by atoms with Gasteiger partial charge in [-0.05, 0) is 47.6 Å². The van der Waals surface area contributed by atoms with Crippen LogP contribution in [0.5, 0.6) is 0 Å². The number of benzene rings is 2. The Labute approximate surface area is 208 Å². The highest BCUT2D eigenvalue weighted by Gasteiger charge is 2.19. The molecule has 0 spiro atoms. The lowest BCUT2D eigenvalue weighted by molar-refractivity contribution is -0.190. The summed E-state index contributed by atoms with van der Waals surface area (Å²) in [4.78, 5) is 5.75. The Morgan fingerprint density at radius 2 is 1.86 bits per heavy atom. The Bertz CT molecular complexity index is 1070. The summed E-state index contributed by atoms with van der Waals surface area (Å²) >= 11 is 0. The van der Waals surface area contributed by atoms with Crippen molar-refractivity contribution in [1.82, 2.24) is 20.6 Å². The zero-order valence-electron chi connectivity index (χ0n) is 20.6. The van der Waals surface area contributed by atoms with Crippen molar-refractivity contribution in [2.45, 2.75) is 57.9 Å². The minimum atomic E-state index is -0.252. The fourth-order valence-electron chi connectivity index (χ4n) is 4.17. The molecular formula is C29H36N4O2. The third-order valence-electron chi connectivity index (χ3n) is 6.22. The molecule has 6 nitrogen and oxygen atoms in total. The largest absolute Gasteiger partial charge is 0.375 e. The van der Waals surface area contributed by atoms with Gasteiger partial charge in [0.2, 0.25) is 0 Å². The van der Waals surface area contributed by atoms with Crippen LogP contribution in [0, 0.1) is 0 Å². The van der Waals surface area contributed by atoms with Gasteiger partial charge in [0.05, 0.1) is 18.3 Å². The molecule has 0 radical (unpaired) electrons. The van der Waals surface area contributed by atoms with Gasteiger partial charge in [-0.3, -0.25) is 10.2 Å². The summed E-state index contributed by atoms with van der Waals surface area (Å²) in [5, 5.41) is 7.85. The second kappa shape index (κ2) is 12.4. The van der Waals surface area contributed by atoms with Gasteiger partial charge in [-0.2, -0.15) is 5.10 Å². The van der Waals surface area contributed by atoms with Crippen molar-refractivity contribution in [3.05, 3.63) is 97.0 Å². The molecule has 4 rings (SSSR count). The van der Waals surface area contributed by atoms with Crippen LogP contribution in [-0.2, 0) is 22.5 Å². The van der Waals surface area contributed by atoms with E-state index in [1.807, 2.05) is 16.9 Å². The van der Waals surface area contributed by atoms with Gasteiger partial charge in [0, 0.05) is 31.1 Å². The standard InChI is InChI=1S/C29H36N4O2/c1-4-8-24-10-12-26(13-11-24)27-16-14-25(15-17-27)22(2)31-28(21-33-19-7-18-30-33)23(3)32-35-29-9-5-6-20-34-29/h7,10-19,28-29,31-32H,2-6,8-9,20-21H2,1H3/t28-,29?/m0/s1. The average molecular weight is 473 g/mol. The predicted molar refractivity (Wildman–Crippen MR) is 141 cm³/mol. The molecule has 0 aliphatic carbocycles. The third-order valence-corrected chi connectivity index (χ3v) is 6.22. The van der Waals surface area contributed by atoms with Crippen molar-refractivity contribution in [3.8, 4) is 11.1 Å². The van der Waals surface area contributed by atoms with Gasteiger partial charge < -0.3 is 10.1 Å². The number of rotatable bonds is 12. The highest BCUT2D eigenvalue weighted by atomic mass is 16.8. The molecule has 0 saturated carbocycles. The Morgan fingerprint density at radius 1 is 1.11 bits per heavy atom. The van der Waals surface area contributed by atoms with E-state index in [1.54, 1.807) is 6.20 Å². The molecule has 3 aromatic rings. The van der Waals surface area contributed by atoms with E-state index >= 15 is 0 Å². The van der Waals surface area contributed by atoms with Crippen molar-refractivity contribution in [2.75, 3.05) is 6.61 Å². The Morgan fingerprint density at radius 3 is 2.49 bits per heavy atom. The van der Waals surface area contributed by atoms with E-state index in [2.05, 4.69) is 84.5 Å². The van der Waals surface area contributed by atoms with E-state index in [1.165, 1.54) is 16.7 Å². The smallest absolute Gasteiger partial charge is 0.183 e. The molecule has 0 amide bonds. The molecule has 1 aliphatic heterocycles. The molecule has 1 aliphatic rings. The highest BCUT2D eigenvalue weighted by Crippen LogP contribution is 2.23. The van der Waals surface area contributed by atoms with Crippen LogP contribution in [0.1, 0.15) is 43.7 Å². The summed E-state index contributed by atoms with van der Waals surface area (Å²) in [5.74, 6) is 0. The topological polar surface area (TPSA) is 60.3 Å². The molecule has 1 aromatic heterocycles. The molecule has 1 saturated heterocycles. The molecule has 0 bridgehead atoms. The Balaban J connectivity index is 1.40. The number of aromatic nitrogens is 2. The number of nitrogens with zero attached hydrogens (tertiary/aromatic N) is 2. The van der Waals surface area contributed by atoms with Crippen LogP contribution in [0.2, 0.25) is 0 Å².